The Bertz CT molecular complexity index is 465. The number of aromatic nitrogens is 3. The van der Waals surface area contributed by atoms with Crippen LogP contribution in [0.3, 0.4) is 0 Å². The molecule has 2 aromatic rings. The molecule has 0 bridgehead atoms. The predicted octanol–water partition coefficient (Wildman–Crippen LogP) is 0.894. The van der Waals surface area contributed by atoms with Gasteiger partial charge < -0.3 is 5.11 Å². The lowest BCUT2D eigenvalue weighted by molar-refractivity contribution is -0.136. The first-order valence-corrected chi connectivity index (χ1v) is 4.42. The molecule has 2 rings (SSSR count). The quantitative estimate of drug-likeness (QED) is 0.804. The van der Waals surface area contributed by atoms with E-state index in [1.165, 1.54) is 0 Å². The SMILES string of the molecule is O=C(O)Cc1ccn(-c2ccncc2)n1. The Morgan fingerprint density at radius 3 is 2.73 bits per heavy atom. The number of nitrogens with zero attached hydrogens (tertiary/aromatic N) is 3. The maximum absolute atomic E-state index is 10.5. The number of rotatable bonds is 3. The summed E-state index contributed by atoms with van der Waals surface area (Å²) in [6.07, 6.45) is 4.99. The molecule has 0 amide bonds. The van der Waals surface area contributed by atoms with Gasteiger partial charge in [-0.25, -0.2) is 4.68 Å². The molecule has 0 atom stereocenters. The Morgan fingerprint density at radius 2 is 2.07 bits per heavy atom. The molecule has 0 spiro atoms. The van der Waals surface area contributed by atoms with Gasteiger partial charge in [-0.1, -0.05) is 0 Å². The van der Waals surface area contributed by atoms with Crippen molar-refractivity contribution < 1.29 is 9.90 Å². The van der Waals surface area contributed by atoms with E-state index in [0.29, 0.717) is 5.69 Å². The first-order valence-electron chi connectivity index (χ1n) is 4.42. The lowest BCUT2D eigenvalue weighted by Crippen LogP contribution is -2.02. The smallest absolute Gasteiger partial charge is 0.309 e. The molecule has 0 unspecified atom stereocenters. The standard InChI is InChI=1S/C10H9N3O2/c14-10(15)7-8-3-6-13(12-8)9-1-4-11-5-2-9/h1-6H,7H2,(H,14,15). The summed E-state index contributed by atoms with van der Waals surface area (Å²) >= 11 is 0. The third kappa shape index (κ3) is 2.19. The van der Waals surface area contributed by atoms with Crippen LogP contribution in [0.25, 0.3) is 5.69 Å². The topological polar surface area (TPSA) is 68.0 Å². The Kier molecular flexibility index (Phi) is 2.45. The Labute approximate surface area is 86.0 Å². The number of hydrogen-bond donors (Lipinski definition) is 1. The van der Waals surface area contributed by atoms with Gasteiger partial charge in [0.25, 0.3) is 0 Å². The molecule has 0 aliphatic carbocycles. The molecule has 0 saturated heterocycles. The zero-order valence-electron chi connectivity index (χ0n) is 7.87. The van der Waals surface area contributed by atoms with E-state index < -0.39 is 5.97 Å². The Balaban J connectivity index is 2.24. The van der Waals surface area contributed by atoms with Crippen molar-refractivity contribution in [1.82, 2.24) is 14.8 Å². The minimum absolute atomic E-state index is 0.0575. The van der Waals surface area contributed by atoms with Crippen LogP contribution in [-0.2, 0) is 11.2 Å². The normalized spacial score (nSPS) is 10.1. The van der Waals surface area contributed by atoms with Gasteiger partial charge >= 0.3 is 5.97 Å². The van der Waals surface area contributed by atoms with Crippen LogP contribution in [-0.4, -0.2) is 25.8 Å². The number of aliphatic carboxylic acids is 1. The molecule has 0 aromatic carbocycles. The van der Waals surface area contributed by atoms with E-state index in [0.717, 1.165) is 5.69 Å². The van der Waals surface area contributed by atoms with Crippen molar-refractivity contribution in [3.05, 3.63) is 42.5 Å². The van der Waals surface area contributed by atoms with Gasteiger partial charge in [0.2, 0.25) is 0 Å². The number of carboxylic acids is 1. The summed E-state index contributed by atoms with van der Waals surface area (Å²) in [5, 5.41) is 12.7. The van der Waals surface area contributed by atoms with Crippen LogP contribution in [0.4, 0.5) is 0 Å². The second kappa shape index (κ2) is 3.91. The highest BCUT2D eigenvalue weighted by atomic mass is 16.4. The summed E-state index contributed by atoms with van der Waals surface area (Å²) in [5.74, 6) is -0.880. The lowest BCUT2D eigenvalue weighted by Gasteiger charge is -1.98. The average Bonchev–Trinajstić information content (AvgIpc) is 2.67. The number of pyridine rings is 1. The van der Waals surface area contributed by atoms with E-state index in [2.05, 4.69) is 10.1 Å². The van der Waals surface area contributed by atoms with Gasteiger partial charge in [0, 0.05) is 18.6 Å². The molecule has 5 heteroatoms. The minimum Gasteiger partial charge on any atom is -0.481 e. The average molecular weight is 203 g/mol. The zero-order valence-corrected chi connectivity index (χ0v) is 7.87. The molecular weight excluding hydrogens is 194 g/mol. The summed E-state index contributed by atoms with van der Waals surface area (Å²) in [4.78, 5) is 14.3. The summed E-state index contributed by atoms with van der Waals surface area (Å²) < 4.78 is 1.62. The van der Waals surface area contributed by atoms with Gasteiger partial charge in [-0.05, 0) is 18.2 Å². The van der Waals surface area contributed by atoms with E-state index >= 15 is 0 Å². The highest BCUT2D eigenvalue weighted by Gasteiger charge is 2.04. The predicted molar refractivity (Wildman–Crippen MR) is 52.7 cm³/mol. The molecular formula is C10H9N3O2. The molecule has 0 radical (unpaired) electrons. The molecule has 0 saturated carbocycles. The van der Waals surface area contributed by atoms with Crippen LogP contribution in [0.5, 0.6) is 0 Å². The van der Waals surface area contributed by atoms with Crippen molar-refractivity contribution in [3.63, 3.8) is 0 Å². The maximum Gasteiger partial charge on any atom is 0.309 e. The molecule has 0 aliphatic rings. The third-order valence-electron chi connectivity index (χ3n) is 1.90. The van der Waals surface area contributed by atoms with E-state index in [9.17, 15) is 4.79 Å². The number of carbonyl (C=O) groups is 1. The van der Waals surface area contributed by atoms with Crippen molar-refractivity contribution >= 4 is 5.97 Å². The summed E-state index contributed by atoms with van der Waals surface area (Å²) in [6.45, 7) is 0. The van der Waals surface area contributed by atoms with Gasteiger partial charge in [0.15, 0.2) is 0 Å². The molecule has 5 nitrogen and oxygen atoms in total. The Hall–Kier alpha value is -2.17. The van der Waals surface area contributed by atoms with Gasteiger partial charge in [-0.2, -0.15) is 5.10 Å². The van der Waals surface area contributed by atoms with Crippen molar-refractivity contribution in [2.75, 3.05) is 0 Å². The van der Waals surface area contributed by atoms with E-state index in [1.54, 1.807) is 41.5 Å². The van der Waals surface area contributed by atoms with Crippen LogP contribution in [0.15, 0.2) is 36.8 Å². The summed E-state index contributed by atoms with van der Waals surface area (Å²) in [5.41, 5.74) is 1.40. The molecule has 0 fully saturated rings. The van der Waals surface area contributed by atoms with Crippen LogP contribution in [0.2, 0.25) is 0 Å². The first kappa shape index (κ1) is 9.39. The molecule has 76 valence electrons. The maximum atomic E-state index is 10.5. The van der Waals surface area contributed by atoms with Gasteiger partial charge in [0.1, 0.15) is 0 Å². The van der Waals surface area contributed by atoms with Crippen molar-refractivity contribution in [2.45, 2.75) is 6.42 Å². The fourth-order valence-electron chi connectivity index (χ4n) is 1.25. The van der Waals surface area contributed by atoms with Gasteiger partial charge in [-0.15, -0.1) is 0 Å². The second-order valence-corrected chi connectivity index (χ2v) is 3.03. The van der Waals surface area contributed by atoms with Gasteiger partial charge in [-0.3, -0.25) is 9.78 Å². The molecule has 1 N–H and O–H groups in total. The van der Waals surface area contributed by atoms with E-state index in [-0.39, 0.29) is 6.42 Å². The summed E-state index contributed by atoms with van der Waals surface area (Å²) in [6, 6.07) is 5.30. The zero-order chi connectivity index (χ0) is 10.7. The van der Waals surface area contributed by atoms with Crippen LogP contribution < -0.4 is 0 Å². The minimum atomic E-state index is -0.880. The second-order valence-electron chi connectivity index (χ2n) is 3.03. The molecule has 0 aliphatic heterocycles. The number of carboxylic acid groups (broad SMARTS) is 1. The Morgan fingerprint density at radius 1 is 1.33 bits per heavy atom. The molecule has 2 heterocycles. The van der Waals surface area contributed by atoms with Crippen LogP contribution >= 0.6 is 0 Å². The van der Waals surface area contributed by atoms with Crippen molar-refractivity contribution in [3.8, 4) is 5.69 Å². The van der Waals surface area contributed by atoms with E-state index in [4.69, 9.17) is 5.11 Å². The fourth-order valence-corrected chi connectivity index (χ4v) is 1.25. The third-order valence-corrected chi connectivity index (χ3v) is 1.90. The van der Waals surface area contributed by atoms with Crippen molar-refractivity contribution in [2.24, 2.45) is 0 Å². The largest absolute Gasteiger partial charge is 0.481 e. The highest BCUT2D eigenvalue weighted by molar-refractivity contribution is 5.69. The van der Waals surface area contributed by atoms with E-state index in [1.807, 2.05) is 0 Å². The van der Waals surface area contributed by atoms with Gasteiger partial charge in [0.05, 0.1) is 17.8 Å². The lowest BCUT2D eigenvalue weighted by atomic mass is 10.3. The van der Waals surface area contributed by atoms with Crippen LogP contribution in [0, 0.1) is 0 Å². The van der Waals surface area contributed by atoms with Crippen molar-refractivity contribution in [1.29, 1.82) is 0 Å². The fraction of sp³-hybridized carbons (Fsp3) is 0.100. The van der Waals surface area contributed by atoms with Crippen LogP contribution in [0.1, 0.15) is 5.69 Å². The molecule has 2 aromatic heterocycles. The number of hydrogen-bond acceptors (Lipinski definition) is 3. The summed E-state index contributed by atoms with van der Waals surface area (Å²) in [7, 11) is 0. The first-order chi connectivity index (χ1) is 7.25. The highest BCUT2D eigenvalue weighted by Crippen LogP contribution is 2.05. The monoisotopic (exact) mass is 203 g/mol. The molecule has 15 heavy (non-hydrogen) atoms.